The average Bonchev–Trinajstić information content (AvgIpc) is 2.85. The Morgan fingerprint density at radius 3 is 2.85 bits per heavy atom. The number of hydrogen-bond donors (Lipinski definition) is 0. The molecule has 0 fully saturated rings. The Labute approximate surface area is 115 Å². The highest BCUT2D eigenvalue weighted by Crippen LogP contribution is 2.04. The molecule has 3 rings (SSSR count). The number of aryl methyl sites for hydroxylation is 1. The Balaban J connectivity index is 1.87. The van der Waals surface area contributed by atoms with Crippen LogP contribution in [0.3, 0.4) is 0 Å². The zero-order valence-electron chi connectivity index (χ0n) is 11.1. The van der Waals surface area contributed by atoms with Gasteiger partial charge in [0, 0.05) is 13.6 Å². The van der Waals surface area contributed by atoms with Gasteiger partial charge < -0.3 is 0 Å². The smallest absolute Gasteiger partial charge is 0.264 e. The van der Waals surface area contributed by atoms with Crippen molar-refractivity contribution in [2.24, 2.45) is 7.05 Å². The van der Waals surface area contributed by atoms with Gasteiger partial charge in [0.1, 0.15) is 11.7 Å². The summed E-state index contributed by atoms with van der Waals surface area (Å²) in [5.74, 6) is 0. The monoisotopic (exact) mass is 266 g/mol. The van der Waals surface area contributed by atoms with E-state index < -0.39 is 0 Å². The average molecular weight is 266 g/mol. The van der Waals surface area contributed by atoms with Crippen LogP contribution in [0.15, 0.2) is 53.7 Å². The van der Waals surface area contributed by atoms with Crippen LogP contribution in [0.4, 0.5) is 0 Å². The van der Waals surface area contributed by atoms with E-state index in [1.165, 1.54) is 0 Å². The third-order valence-corrected chi connectivity index (χ3v) is 3.13. The summed E-state index contributed by atoms with van der Waals surface area (Å²) in [7, 11) is 1.77. The fourth-order valence-corrected chi connectivity index (χ4v) is 2.06. The van der Waals surface area contributed by atoms with Crippen LogP contribution in [0.25, 0.3) is 17.1 Å². The Bertz CT molecular complexity index is 815. The molecular formula is C15H14N4O. The van der Waals surface area contributed by atoms with Gasteiger partial charge in [0.15, 0.2) is 5.65 Å². The summed E-state index contributed by atoms with van der Waals surface area (Å²) < 4.78 is 3.17. The fourth-order valence-electron chi connectivity index (χ4n) is 2.06. The maximum absolute atomic E-state index is 12.2. The van der Waals surface area contributed by atoms with Gasteiger partial charge in [-0.1, -0.05) is 42.5 Å². The summed E-state index contributed by atoms with van der Waals surface area (Å²) in [6, 6.07) is 9.97. The predicted octanol–water partition coefficient (Wildman–Crippen LogP) is 1.84. The van der Waals surface area contributed by atoms with Crippen molar-refractivity contribution in [1.82, 2.24) is 19.3 Å². The molecule has 0 saturated heterocycles. The third-order valence-electron chi connectivity index (χ3n) is 3.13. The van der Waals surface area contributed by atoms with Crippen molar-refractivity contribution in [3.8, 4) is 0 Å². The van der Waals surface area contributed by atoms with Crippen molar-refractivity contribution in [3.63, 3.8) is 0 Å². The first-order valence-electron chi connectivity index (χ1n) is 6.34. The summed E-state index contributed by atoms with van der Waals surface area (Å²) in [6.07, 6.45) is 7.05. The first-order valence-corrected chi connectivity index (χ1v) is 6.34. The quantitative estimate of drug-likeness (QED) is 0.727. The van der Waals surface area contributed by atoms with Crippen molar-refractivity contribution in [2.45, 2.75) is 6.54 Å². The maximum Gasteiger partial charge on any atom is 0.264 e. The number of fused-ring (bicyclic) bond motifs is 1. The Hall–Kier alpha value is -2.69. The van der Waals surface area contributed by atoms with Crippen molar-refractivity contribution >= 4 is 17.1 Å². The van der Waals surface area contributed by atoms with Gasteiger partial charge in [-0.05, 0) is 5.56 Å². The van der Waals surface area contributed by atoms with E-state index in [4.69, 9.17) is 0 Å². The molecular weight excluding hydrogens is 252 g/mol. The van der Waals surface area contributed by atoms with Gasteiger partial charge in [-0.15, -0.1) is 0 Å². The lowest BCUT2D eigenvalue weighted by Gasteiger charge is -2.01. The van der Waals surface area contributed by atoms with E-state index in [0.717, 1.165) is 5.56 Å². The molecule has 2 aromatic heterocycles. The van der Waals surface area contributed by atoms with Gasteiger partial charge in [-0.2, -0.15) is 5.10 Å². The van der Waals surface area contributed by atoms with E-state index >= 15 is 0 Å². The molecule has 0 aliphatic heterocycles. The Kier molecular flexibility index (Phi) is 3.16. The minimum Gasteiger partial charge on any atom is -0.295 e. The van der Waals surface area contributed by atoms with E-state index in [1.807, 2.05) is 42.5 Å². The highest BCUT2D eigenvalue weighted by molar-refractivity contribution is 5.72. The van der Waals surface area contributed by atoms with Gasteiger partial charge in [0.25, 0.3) is 5.56 Å². The molecule has 0 aliphatic carbocycles. The predicted molar refractivity (Wildman–Crippen MR) is 78.2 cm³/mol. The van der Waals surface area contributed by atoms with Gasteiger partial charge in [-0.3, -0.25) is 14.0 Å². The molecule has 0 spiro atoms. The van der Waals surface area contributed by atoms with Crippen LogP contribution in [-0.2, 0) is 13.6 Å². The van der Waals surface area contributed by atoms with Crippen molar-refractivity contribution in [1.29, 1.82) is 0 Å². The number of rotatable bonds is 3. The van der Waals surface area contributed by atoms with E-state index in [1.54, 1.807) is 28.8 Å². The van der Waals surface area contributed by atoms with Gasteiger partial charge in [-0.25, -0.2) is 4.98 Å². The molecule has 0 radical (unpaired) electrons. The number of aromatic nitrogens is 4. The molecule has 100 valence electrons. The second-order valence-corrected chi connectivity index (χ2v) is 4.52. The topological polar surface area (TPSA) is 52.7 Å². The minimum atomic E-state index is -0.0687. The molecule has 0 N–H and O–H groups in total. The standard InChI is InChI=1S/C15H14N4O/c1-18-14-13(10-17-18)15(20)19(11-16-14)9-5-8-12-6-3-2-4-7-12/h2-8,10-11H,9H2,1H3. The minimum absolute atomic E-state index is 0.0687. The second-order valence-electron chi connectivity index (χ2n) is 4.52. The molecule has 1 aromatic carbocycles. The summed E-state index contributed by atoms with van der Waals surface area (Å²) in [6.45, 7) is 0.492. The van der Waals surface area contributed by atoms with E-state index in [2.05, 4.69) is 10.1 Å². The molecule has 5 heteroatoms. The number of nitrogens with zero attached hydrogens (tertiary/aromatic N) is 4. The molecule has 5 nitrogen and oxygen atoms in total. The SMILES string of the molecule is Cn1ncc2c(=O)n(CC=Cc3ccccc3)cnc21. The lowest BCUT2D eigenvalue weighted by molar-refractivity contribution is 0.751. The summed E-state index contributed by atoms with van der Waals surface area (Å²) in [5, 5.41) is 4.59. The number of benzene rings is 1. The summed E-state index contributed by atoms with van der Waals surface area (Å²) in [4.78, 5) is 16.5. The Morgan fingerprint density at radius 1 is 1.25 bits per heavy atom. The second kappa shape index (κ2) is 5.13. The van der Waals surface area contributed by atoms with Crippen LogP contribution in [-0.4, -0.2) is 19.3 Å². The van der Waals surface area contributed by atoms with Gasteiger partial charge >= 0.3 is 0 Å². The summed E-state index contributed by atoms with van der Waals surface area (Å²) in [5.41, 5.74) is 1.65. The van der Waals surface area contributed by atoms with Crippen molar-refractivity contribution in [2.75, 3.05) is 0 Å². The molecule has 0 bridgehead atoms. The van der Waals surface area contributed by atoms with E-state index in [0.29, 0.717) is 17.6 Å². The van der Waals surface area contributed by atoms with Gasteiger partial charge in [0.05, 0.1) is 6.20 Å². The molecule has 0 saturated carbocycles. The molecule has 0 aliphatic rings. The molecule has 2 heterocycles. The molecule has 0 atom stereocenters. The number of hydrogen-bond acceptors (Lipinski definition) is 3. The molecule has 3 aromatic rings. The zero-order valence-corrected chi connectivity index (χ0v) is 11.1. The van der Waals surface area contributed by atoms with Crippen LogP contribution >= 0.6 is 0 Å². The lowest BCUT2D eigenvalue weighted by Crippen LogP contribution is -2.19. The summed E-state index contributed by atoms with van der Waals surface area (Å²) >= 11 is 0. The van der Waals surface area contributed by atoms with E-state index in [-0.39, 0.29) is 5.56 Å². The Morgan fingerprint density at radius 2 is 2.05 bits per heavy atom. The molecule has 0 unspecified atom stereocenters. The lowest BCUT2D eigenvalue weighted by atomic mass is 10.2. The normalized spacial score (nSPS) is 11.4. The van der Waals surface area contributed by atoms with Crippen LogP contribution in [0.2, 0.25) is 0 Å². The third kappa shape index (κ3) is 2.25. The number of allylic oxidation sites excluding steroid dienone is 1. The van der Waals surface area contributed by atoms with Crippen LogP contribution < -0.4 is 5.56 Å². The van der Waals surface area contributed by atoms with Crippen molar-refractivity contribution < 1.29 is 0 Å². The fraction of sp³-hybridized carbons (Fsp3) is 0.133. The largest absolute Gasteiger partial charge is 0.295 e. The first-order chi connectivity index (χ1) is 9.75. The van der Waals surface area contributed by atoms with Gasteiger partial charge in [0.2, 0.25) is 0 Å². The van der Waals surface area contributed by atoms with Crippen LogP contribution in [0.5, 0.6) is 0 Å². The van der Waals surface area contributed by atoms with Crippen LogP contribution in [0, 0.1) is 0 Å². The molecule has 0 amide bonds. The van der Waals surface area contributed by atoms with Crippen LogP contribution in [0.1, 0.15) is 5.56 Å². The maximum atomic E-state index is 12.2. The highest BCUT2D eigenvalue weighted by atomic mass is 16.1. The molecule has 20 heavy (non-hydrogen) atoms. The zero-order chi connectivity index (χ0) is 13.9. The van der Waals surface area contributed by atoms with E-state index in [9.17, 15) is 4.79 Å². The van der Waals surface area contributed by atoms with Crippen molar-refractivity contribution in [3.05, 3.63) is 64.8 Å². The first kappa shape index (κ1) is 12.3. The highest BCUT2D eigenvalue weighted by Gasteiger charge is 2.06.